The normalized spacial score (nSPS) is 10.9. The number of aromatic nitrogens is 1. The lowest BCUT2D eigenvalue weighted by molar-refractivity contribution is -0.137. The van der Waals surface area contributed by atoms with Gasteiger partial charge in [0.25, 0.3) is 5.91 Å². The zero-order valence-electron chi connectivity index (χ0n) is 11.4. The van der Waals surface area contributed by atoms with Crippen LogP contribution in [-0.2, 0) is 6.18 Å². The summed E-state index contributed by atoms with van der Waals surface area (Å²) in [6, 6.07) is 8.41. The number of methoxy groups -OCH3 is 1. The Morgan fingerprint density at radius 1 is 1.23 bits per heavy atom. The van der Waals surface area contributed by atoms with Gasteiger partial charge in [-0.05, 0) is 30.3 Å². The number of hydrogen-bond acceptors (Lipinski definition) is 4. The molecule has 116 valence electrons. The Morgan fingerprint density at radius 3 is 2.59 bits per heavy atom. The highest BCUT2D eigenvalue weighted by molar-refractivity contribution is 5.95. The number of carbonyl (C=O) groups excluding carboxylic acids is 1. The van der Waals surface area contributed by atoms with E-state index in [-0.39, 0.29) is 5.82 Å². The summed E-state index contributed by atoms with van der Waals surface area (Å²) in [6.45, 7) is 0. The van der Waals surface area contributed by atoms with Crippen molar-refractivity contribution in [3.05, 3.63) is 53.7 Å². The van der Waals surface area contributed by atoms with Gasteiger partial charge in [0.05, 0.1) is 12.7 Å². The van der Waals surface area contributed by atoms with Crippen molar-refractivity contribution < 1.29 is 22.7 Å². The number of nitrogens with zero attached hydrogens (tertiary/aromatic N) is 1. The number of anilines is 1. The van der Waals surface area contributed by atoms with E-state index < -0.39 is 17.6 Å². The highest BCUT2D eigenvalue weighted by Gasteiger charge is 2.30. The van der Waals surface area contributed by atoms with Crippen LogP contribution >= 0.6 is 0 Å². The van der Waals surface area contributed by atoms with E-state index in [1.54, 1.807) is 18.2 Å². The standard InChI is InChI=1S/C14H12F3N3O2/c1-22-11-4-2-3-9(7-11)13(21)20-19-12-6-5-10(8-18-12)14(15,16)17/h2-8H,1H3,(H,18,19)(H,20,21). The summed E-state index contributed by atoms with van der Waals surface area (Å²) in [4.78, 5) is 15.4. The van der Waals surface area contributed by atoms with Crippen LogP contribution in [0.25, 0.3) is 0 Å². The molecule has 0 fully saturated rings. The average molecular weight is 311 g/mol. The molecule has 0 aliphatic heterocycles. The summed E-state index contributed by atoms with van der Waals surface area (Å²) < 4.78 is 42.1. The van der Waals surface area contributed by atoms with E-state index in [1.807, 2.05) is 0 Å². The fraction of sp³-hybridized carbons (Fsp3) is 0.143. The molecular formula is C14H12F3N3O2. The van der Waals surface area contributed by atoms with Crippen LogP contribution in [0.4, 0.5) is 19.0 Å². The molecule has 1 amide bonds. The first-order valence-electron chi connectivity index (χ1n) is 6.14. The molecule has 2 aromatic rings. The van der Waals surface area contributed by atoms with Crippen LogP contribution in [0.15, 0.2) is 42.6 Å². The first kappa shape index (κ1) is 15.6. The van der Waals surface area contributed by atoms with Crippen molar-refractivity contribution in [3.63, 3.8) is 0 Å². The van der Waals surface area contributed by atoms with E-state index >= 15 is 0 Å². The van der Waals surface area contributed by atoms with Crippen molar-refractivity contribution in [1.82, 2.24) is 10.4 Å². The van der Waals surface area contributed by atoms with Crippen LogP contribution in [0, 0.1) is 0 Å². The van der Waals surface area contributed by atoms with E-state index in [4.69, 9.17) is 4.74 Å². The maximum Gasteiger partial charge on any atom is 0.417 e. The van der Waals surface area contributed by atoms with Crippen LogP contribution in [0.3, 0.4) is 0 Å². The van der Waals surface area contributed by atoms with Crippen LogP contribution < -0.4 is 15.6 Å². The molecule has 0 unspecified atom stereocenters. The Labute approximate surface area is 124 Å². The molecule has 0 radical (unpaired) electrons. The third-order valence-electron chi connectivity index (χ3n) is 2.73. The Bertz CT molecular complexity index is 657. The number of ether oxygens (including phenoxy) is 1. The van der Waals surface area contributed by atoms with Gasteiger partial charge in [-0.2, -0.15) is 13.2 Å². The van der Waals surface area contributed by atoms with Gasteiger partial charge in [-0.15, -0.1) is 0 Å². The van der Waals surface area contributed by atoms with Gasteiger partial charge in [0, 0.05) is 11.8 Å². The molecule has 2 rings (SSSR count). The second-order valence-electron chi connectivity index (χ2n) is 4.24. The predicted molar refractivity (Wildman–Crippen MR) is 73.3 cm³/mol. The number of nitrogens with one attached hydrogen (secondary N) is 2. The topological polar surface area (TPSA) is 63.2 Å². The van der Waals surface area contributed by atoms with E-state index in [0.717, 1.165) is 12.1 Å². The summed E-state index contributed by atoms with van der Waals surface area (Å²) >= 11 is 0. The molecule has 1 aromatic heterocycles. The lowest BCUT2D eigenvalue weighted by Crippen LogP contribution is -2.29. The second-order valence-corrected chi connectivity index (χ2v) is 4.24. The molecule has 22 heavy (non-hydrogen) atoms. The number of rotatable bonds is 4. The summed E-state index contributed by atoms with van der Waals surface area (Å²) in [5.74, 6) is 0.130. The maximum atomic E-state index is 12.4. The van der Waals surface area contributed by atoms with Gasteiger partial charge in [-0.3, -0.25) is 15.6 Å². The fourth-order valence-corrected chi connectivity index (χ4v) is 1.59. The molecule has 0 bridgehead atoms. The molecule has 0 saturated heterocycles. The Kier molecular flexibility index (Phi) is 4.50. The molecule has 0 aliphatic rings. The van der Waals surface area contributed by atoms with E-state index in [2.05, 4.69) is 15.8 Å². The van der Waals surface area contributed by atoms with Gasteiger partial charge in [0.15, 0.2) is 0 Å². The minimum atomic E-state index is -4.45. The number of hydrogen-bond donors (Lipinski definition) is 2. The largest absolute Gasteiger partial charge is 0.497 e. The van der Waals surface area contributed by atoms with Gasteiger partial charge in [0.2, 0.25) is 0 Å². The molecule has 0 atom stereocenters. The molecule has 1 heterocycles. The lowest BCUT2D eigenvalue weighted by Gasteiger charge is -2.10. The van der Waals surface area contributed by atoms with E-state index in [1.165, 1.54) is 13.2 Å². The monoisotopic (exact) mass is 311 g/mol. The van der Waals surface area contributed by atoms with E-state index in [9.17, 15) is 18.0 Å². The first-order valence-corrected chi connectivity index (χ1v) is 6.14. The van der Waals surface area contributed by atoms with Crippen molar-refractivity contribution in [2.75, 3.05) is 12.5 Å². The number of benzene rings is 1. The highest BCUT2D eigenvalue weighted by Crippen LogP contribution is 2.28. The maximum absolute atomic E-state index is 12.4. The third-order valence-corrected chi connectivity index (χ3v) is 2.73. The highest BCUT2D eigenvalue weighted by atomic mass is 19.4. The second kappa shape index (κ2) is 6.33. The van der Waals surface area contributed by atoms with Crippen molar-refractivity contribution in [1.29, 1.82) is 0 Å². The fourth-order valence-electron chi connectivity index (χ4n) is 1.59. The zero-order chi connectivity index (χ0) is 16.2. The number of pyridine rings is 1. The number of carbonyl (C=O) groups is 1. The minimum Gasteiger partial charge on any atom is -0.497 e. The average Bonchev–Trinajstić information content (AvgIpc) is 2.52. The molecular weight excluding hydrogens is 299 g/mol. The zero-order valence-corrected chi connectivity index (χ0v) is 11.4. The van der Waals surface area contributed by atoms with Gasteiger partial charge < -0.3 is 4.74 Å². The molecule has 0 aliphatic carbocycles. The molecule has 0 spiro atoms. The smallest absolute Gasteiger partial charge is 0.417 e. The number of hydrazine groups is 1. The van der Waals surface area contributed by atoms with Gasteiger partial charge in [0.1, 0.15) is 11.6 Å². The molecule has 5 nitrogen and oxygen atoms in total. The molecule has 0 saturated carbocycles. The van der Waals surface area contributed by atoms with Crippen molar-refractivity contribution >= 4 is 11.7 Å². The van der Waals surface area contributed by atoms with Crippen LogP contribution in [-0.4, -0.2) is 18.0 Å². The molecule has 1 aromatic carbocycles. The number of halogens is 3. The van der Waals surface area contributed by atoms with Gasteiger partial charge >= 0.3 is 6.18 Å². The Morgan fingerprint density at radius 2 is 2.00 bits per heavy atom. The summed E-state index contributed by atoms with van der Waals surface area (Å²) in [5, 5.41) is 0. The third kappa shape index (κ3) is 3.87. The van der Waals surface area contributed by atoms with Crippen molar-refractivity contribution in [2.45, 2.75) is 6.18 Å². The van der Waals surface area contributed by atoms with Crippen molar-refractivity contribution in [2.24, 2.45) is 0 Å². The Balaban J connectivity index is 1.99. The predicted octanol–water partition coefficient (Wildman–Crippen LogP) is 2.87. The number of alkyl halides is 3. The lowest BCUT2D eigenvalue weighted by atomic mass is 10.2. The summed E-state index contributed by atoms with van der Waals surface area (Å²) in [7, 11) is 1.47. The summed E-state index contributed by atoms with van der Waals surface area (Å²) in [5.41, 5.74) is 4.25. The van der Waals surface area contributed by atoms with E-state index in [0.29, 0.717) is 17.5 Å². The van der Waals surface area contributed by atoms with Crippen LogP contribution in [0.2, 0.25) is 0 Å². The number of amides is 1. The van der Waals surface area contributed by atoms with Crippen molar-refractivity contribution in [3.8, 4) is 5.75 Å². The SMILES string of the molecule is COc1cccc(C(=O)NNc2ccc(C(F)(F)F)cn2)c1. The van der Waals surface area contributed by atoms with Crippen LogP contribution in [0.1, 0.15) is 15.9 Å². The quantitative estimate of drug-likeness (QED) is 0.852. The van der Waals surface area contributed by atoms with Crippen LogP contribution in [0.5, 0.6) is 5.75 Å². The molecule has 8 heteroatoms. The van der Waals surface area contributed by atoms with Gasteiger partial charge in [-0.1, -0.05) is 6.07 Å². The minimum absolute atomic E-state index is 0.0873. The first-order chi connectivity index (χ1) is 10.4. The summed E-state index contributed by atoms with van der Waals surface area (Å²) in [6.07, 6.45) is -3.77. The Hall–Kier alpha value is -2.77. The molecule has 2 N–H and O–H groups in total. The van der Waals surface area contributed by atoms with Gasteiger partial charge in [-0.25, -0.2) is 4.98 Å².